The number of carbonyl (C=O) groups is 1. The molecular formula is C24H31N5OS. The molecule has 31 heavy (non-hydrogen) atoms. The zero-order valence-corrected chi connectivity index (χ0v) is 19.6. The summed E-state index contributed by atoms with van der Waals surface area (Å²) in [5.41, 5.74) is 3.82. The predicted octanol–water partition coefficient (Wildman–Crippen LogP) is 4.51. The van der Waals surface area contributed by atoms with Crippen molar-refractivity contribution in [3.8, 4) is 16.3 Å². The number of thiazole rings is 1. The minimum absolute atomic E-state index is 0.0809. The van der Waals surface area contributed by atoms with Crippen LogP contribution in [0.5, 0.6) is 0 Å². The number of nitrogens with one attached hydrogen (secondary N) is 1. The van der Waals surface area contributed by atoms with Gasteiger partial charge in [0.25, 0.3) is 5.91 Å². The zero-order chi connectivity index (χ0) is 22.0. The third-order valence-electron chi connectivity index (χ3n) is 5.93. The summed E-state index contributed by atoms with van der Waals surface area (Å²) in [5, 5.41) is 10.3. The number of piperidine rings is 1. The lowest BCUT2D eigenvalue weighted by atomic mass is 9.87. The van der Waals surface area contributed by atoms with E-state index < -0.39 is 0 Å². The van der Waals surface area contributed by atoms with Gasteiger partial charge in [0.1, 0.15) is 10.7 Å². The second-order valence-electron chi connectivity index (χ2n) is 9.19. The minimum atomic E-state index is -0.0809. The fraction of sp³-hybridized carbons (Fsp3) is 0.458. The normalized spacial score (nSPS) is 15.9. The Hall–Kier alpha value is -2.51. The van der Waals surface area contributed by atoms with Crippen molar-refractivity contribution in [1.82, 2.24) is 25.0 Å². The second kappa shape index (κ2) is 8.93. The van der Waals surface area contributed by atoms with Gasteiger partial charge in [-0.25, -0.2) is 9.67 Å². The number of likely N-dealkylation sites (tertiary alicyclic amines) is 1. The van der Waals surface area contributed by atoms with Crippen molar-refractivity contribution >= 4 is 17.2 Å². The average molecular weight is 438 g/mol. The number of nitrogens with zero attached hydrogens (tertiary/aromatic N) is 4. The van der Waals surface area contributed by atoms with E-state index in [9.17, 15) is 4.79 Å². The lowest BCUT2D eigenvalue weighted by molar-refractivity contribution is 0.0908. The summed E-state index contributed by atoms with van der Waals surface area (Å²) in [6.45, 7) is 12.0. The van der Waals surface area contributed by atoms with Gasteiger partial charge in [0.15, 0.2) is 0 Å². The van der Waals surface area contributed by atoms with Crippen LogP contribution in [0.2, 0.25) is 0 Å². The Labute approximate surface area is 188 Å². The van der Waals surface area contributed by atoms with E-state index in [1.54, 1.807) is 6.20 Å². The van der Waals surface area contributed by atoms with Crippen LogP contribution in [0.25, 0.3) is 16.3 Å². The highest BCUT2D eigenvalue weighted by molar-refractivity contribution is 7.13. The van der Waals surface area contributed by atoms with E-state index in [-0.39, 0.29) is 17.4 Å². The van der Waals surface area contributed by atoms with E-state index in [1.807, 2.05) is 16.3 Å². The Bertz CT molecular complexity index is 1020. The summed E-state index contributed by atoms with van der Waals surface area (Å²) in [6.07, 6.45) is 5.76. The summed E-state index contributed by atoms with van der Waals surface area (Å²) in [6, 6.07) is 8.70. The summed E-state index contributed by atoms with van der Waals surface area (Å²) in [7, 11) is 0. The molecule has 0 aliphatic carbocycles. The molecule has 0 atom stereocenters. The first-order valence-corrected chi connectivity index (χ1v) is 11.9. The summed E-state index contributed by atoms with van der Waals surface area (Å²) < 4.78 is 1.85. The summed E-state index contributed by atoms with van der Waals surface area (Å²) >= 11 is 1.48. The van der Waals surface area contributed by atoms with E-state index in [0.29, 0.717) is 5.69 Å². The monoisotopic (exact) mass is 437 g/mol. The Morgan fingerprint density at radius 1 is 1.19 bits per heavy atom. The Balaban J connectivity index is 1.41. The van der Waals surface area contributed by atoms with Gasteiger partial charge in [-0.15, -0.1) is 11.3 Å². The maximum Gasteiger partial charge on any atom is 0.270 e. The predicted molar refractivity (Wildman–Crippen MR) is 126 cm³/mol. The smallest absolute Gasteiger partial charge is 0.270 e. The van der Waals surface area contributed by atoms with Gasteiger partial charge in [-0.1, -0.05) is 39.8 Å². The lowest BCUT2D eigenvalue weighted by Gasteiger charge is -2.31. The van der Waals surface area contributed by atoms with Crippen molar-refractivity contribution in [2.24, 2.45) is 0 Å². The van der Waals surface area contributed by atoms with Gasteiger partial charge >= 0.3 is 0 Å². The third kappa shape index (κ3) is 5.05. The first-order chi connectivity index (χ1) is 14.8. The second-order valence-corrected chi connectivity index (χ2v) is 10.0. The van der Waals surface area contributed by atoms with Crippen LogP contribution in [0.4, 0.5) is 0 Å². The largest absolute Gasteiger partial charge is 0.348 e. The van der Waals surface area contributed by atoms with Crippen LogP contribution in [0.3, 0.4) is 0 Å². The molecule has 6 nitrogen and oxygen atoms in total. The molecule has 1 amide bonds. The molecule has 1 fully saturated rings. The van der Waals surface area contributed by atoms with Crippen molar-refractivity contribution in [3.05, 3.63) is 53.3 Å². The molecule has 1 aliphatic rings. The number of hydrogen-bond acceptors (Lipinski definition) is 5. The van der Waals surface area contributed by atoms with Crippen molar-refractivity contribution in [1.29, 1.82) is 0 Å². The Morgan fingerprint density at radius 2 is 1.90 bits per heavy atom. The number of aromatic nitrogens is 3. The van der Waals surface area contributed by atoms with Crippen molar-refractivity contribution < 1.29 is 4.79 Å². The fourth-order valence-corrected chi connectivity index (χ4v) is 4.63. The first-order valence-electron chi connectivity index (χ1n) is 11.0. The third-order valence-corrected chi connectivity index (χ3v) is 6.83. The number of amides is 1. The summed E-state index contributed by atoms with van der Waals surface area (Å²) in [4.78, 5) is 19.6. The number of hydrogen-bond donors (Lipinski definition) is 1. The molecule has 2 aromatic heterocycles. The molecule has 3 heterocycles. The molecule has 4 rings (SSSR count). The molecule has 3 aromatic rings. The van der Waals surface area contributed by atoms with Crippen LogP contribution >= 0.6 is 11.3 Å². The lowest BCUT2D eigenvalue weighted by Crippen LogP contribution is -2.44. The maximum atomic E-state index is 12.6. The Morgan fingerprint density at radius 3 is 2.55 bits per heavy atom. The van der Waals surface area contributed by atoms with Crippen molar-refractivity contribution in [3.63, 3.8) is 0 Å². The molecule has 7 heteroatoms. The van der Waals surface area contributed by atoms with E-state index in [2.05, 4.69) is 72.3 Å². The number of benzene rings is 1. The first kappa shape index (κ1) is 21.7. The van der Waals surface area contributed by atoms with E-state index in [4.69, 9.17) is 0 Å². The van der Waals surface area contributed by atoms with E-state index in [1.165, 1.54) is 16.9 Å². The van der Waals surface area contributed by atoms with Crippen LogP contribution in [0.15, 0.2) is 42.0 Å². The Kier molecular flexibility index (Phi) is 6.25. The van der Waals surface area contributed by atoms with Crippen LogP contribution in [0.1, 0.15) is 56.6 Å². The molecule has 1 aliphatic heterocycles. The molecule has 1 aromatic carbocycles. The summed E-state index contributed by atoms with van der Waals surface area (Å²) in [5.74, 6) is -0.0809. The van der Waals surface area contributed by atoms with Crippen LogP contribution in [0, 0.1) is 0 Å². The van der Waals surface area contributed by atoms with Gasteiger partial charge < -0.3 is 10.2 Å². The van der Waals surface area contributed by atoms with Gasteiger partial charge in [0, 0.05) is 36.3 Å². The molecule has 164 valence electrons. The van der Waals surface area contributed by atoms with Gasteiger partial charge in [-0.05, 0) is 42.5 Å². The van der Waals surface area contributed by atoms with Gasteiger partial charge in [-0.2, -0.15) is 5.10 Å². The van der Waals surface area contributed by atoms with Crippen LogP contribution < -0.4 is 5.32 Å². The van der Waals surface area contributed by atoms with Crippen LogP contribution in [-0.2, 0) is 5.41 Å². The van der Waals surface area contributed by atoms with Gasteiger partial charge in [0.05, 0.1) is 11.9 Å². The highest BCUT2D eigenvalue weighted by Gasteiger charge is 2.22. The average Bonchev–Trinajstić information content (AvgIpc) is 3.44. The minimum Gasteiger partial charge on any atom is -0.348 e. The molecule has 1 N–H and O–H groups in total. The van der Waals surface area contributed by atoms with Crippen molar-refractivity contribution in [2.45, 2.75) is 52.0 Å². The number of rotatable bonds is 5. The molecule has 0 bridgehead atoms. The SMILES string of the molecule is CCN1CCC(NC(=O)c2csc(-c3cnn(-c4ccc(C(C)(C)C)cc4)c3)n2)CC1. The topological polar surface area (TPSA) is 63.1 Å². The molecule has 0 unspecified atom stereocenters. The van der Waals surface area contributed by atoms with Gasteiger partial charge in [0.2, 0.25) is 0 Å². The molecule has 0 radical (unpaired) electrons. The molecule has 0 saturated carbocycles. The highest BCUT2D eigenvalue weighted by Crippen LogP contribution is 2.26. The van der Waals surface area contributed by atoms with E-state index >= 15 is 0 Å². The molecule has 0 spiro atoms. The quantitative estimate of drug-likeness (QED) is 0.638. The maximum absolute atomic E-state index is 12.6. The molecule has 1 saturated heterocycles. The highest BCUT2D eigenvalue weighted by atomic mass is 32.1. The zero-order valence-electron chi connectivity index (χ0n) is 18.8. The van der Waals surface area contributed by atoms with Crippen LogP contribution in [-0.4, -0.2) is 51.2 Å². The molecular weight excluding hydrogens is 406 g/mol. The van der Waals surface area contributed by atoms with E-state index in [0.717, 1.165) is 48.7 Å². The number of carbonyl (C=O) groups excluding carboxylic acids is 1. The van der Waals surface area contributed by atoms with Crippen molar-refractivity contribution in [2.75, 3.05) is 19.6 Å². The van der Waals surface area contributed by atoms with Gasteiger partial charge in [-0.3, -0.25) is 4.79 Å². The standard InChI is InChI=1S/C24H31N5OS/c1-5-28-12-10-19(11-13-28)26-22(30)21-16-31-23(27-21)17-14-25-29(15-17)20-8-6-18(7-9-20)24(2,3)4/h6-9,14-16,19H,5,10-13H2,1-4H3,(H,26,30). The fourth-order valence-electron chi connectivity index (χ4n) is 3.85.